The minimum atomic E-state index is -4.28. The molecule has 0 aromatic heterocycles. The summed E-state index contributed by atoms with van der Waals surface area (Å²) < 4.78 is 35.8. The molecule has 1 heterocycles. The quantitative estimate of drug-likeness (QED) is 0.772. The molecule has 0 bridgehead atoms. The lowest BCUT2D eigenvalue weighted by molar-refractivity contribution is -0.137. The number of nitriles is 1. The van der Waals surface area contributed by atoms with Crippen molar-refractivity contribution in [2.45, 2.75) is 44.3 Å². The largest absolute Gasteiger partial charge is 0.389 e. The van der Waals surface area contributed by atoms with E-state index in [1.54, 1.807) is 0 Å². The van der Waals surface area contributed by atoms with Gasteiger partial charge in [0.15, 0.2) is 0 Å². The highest BCUT2D eigenvalue weighted by atomic mass is 19.4. The number of nitrogens with zero attached hydrogens (tertiary/aromatic N) is 1. The first kappa shape index (κ1) is 16.3. The Labute approximate surface area is 114 Å². The highest BCUT2D eigenvalue weighted by Gasteiger charge is 2.29. The van der Waals surface area contributed by atoms with E-state index in [0.29, 0.717) is 13.0 Å². The predicted octanol–water partition coefficient (Wildman–Crippen LogP) is 1.25. The maximum Gasteiger partial charge on any atom is 0.389 e. The van der Waals surface area contributed by atoms with Crippen LogP contribution in [0.2, 0.25) is 0 Å². The summed E-state index contributed by atoms with van der Waals surface area (Å²) in [6.45, 7) is 0.543. The second-order valence-electron chi connectivity index (χ2n) is 4.73. The van der Waals surface area contributed by atoms with Gasteiger partial charge >= 0.3 is 6.18 Å². The molecule has 0 spiro atoms. The number of carbonyl (C=O) groups is 2. The Hall–Kier alpha value is -1.78. The molecule has 8 heteroatoms. The van der Waals surface area contributed by atoms with E-state index < -0.39 is 24.5 Å². The molecule has 2 N–H and O–H groups in total. The molecule has 1 aliphatic rings. The van der Waals surface area contributed by atoms with Gasteiger partial charge in [-0.1, -0.05) is 0 Å². The van der Waals surface area contributed by atoms with E-state index in [4.69, 9.17) is 5.26 Å². The summed E-state index contributed by atoms with van der Waals surface area (Å²) in [6.07, 6.45) is -5.11. The van der Waals surface area contributed by atoms with Crippen LogP contribution in [-0.2, 0) is 9.59 Å². The minimum absolute atomic E-state index is 0.156. The van der Waals surface area contributed by atoms with Gasteiger partial charge in [-0.25, -0.2) is 0 Å². The highest BCUT2D eigenvalue weighted by molar-refractivity contribution is 5.81. The molecule has 2 amide bonds. The second kappa shape index (κ2) is 7.12. The zero-order valence-electron chi connectivity index (χ0n) is 10.8. The van der Waals surface area contributed by atoms with Gasteiger partial charge in [0.25, 0.3) is 0 Å². The lowest BCUT2D eigenvalue weighted by atomic mass is 9.99. The van der Waals surface area contributed by atoms with Crippen molar-refractivity contribution in [1.82, 2.24) is 10.6 Å². The van der Waals surface area contributed by atoms with Crippen molar-refractivity contribution in [2.75, 3.05) is 6.54 Å². The summed E-state index contributed by atoms with van der Waals surface area (Å²) in [6, 6.07) is 1.01. The number of halogens is 3. The van der Waals surface area contributed by atoms with Crippen LogP contribution in [0.3, 0.4) is 0 Å². The van der Waals surface area contributed by atoms with Crippen LogP contribution in [0, 0.1) is 17.2 Å². The number of carbonyl (C=O) groups excluding carboxylic acids is 2. The molecular weight excluding hydrogens is 275 g/mol. The van der Waals surface area contributed by atoms with E-state index in [1.807, 2.05) is 6.07 Å². The number of alkyl halides is 3. The van der Waals surface area contributed by atoms with E-state index in [1.165, 1.54) is 0 Å². The SMILES string of the molecule is N#C[C@H](C[C@@H]1CCNC1=O)NC(=O)CCCC(F)(F)F. The molecule has 0 aromatic rings. The van der Waals surface area contributed by atoms with Crippen LogP contribution in [-0.4, -0.2) is 30.6 Å². The fraction of sp³-hybridized carbons (Fsp3) is 0.750. The van der Waals surface area contributed by atoms with Crippen LogP contribution in [0.15, 0.2) is 0 Å². The lowest BCUT2D eigenvalue weighted by Gasteiger charge is -2.14. The van der Waals surface area contributed by atoms with Gasteiger partial charge in [0.05, 0.1) is 6.07 Å². The summed E-state index contributed by atoms with van der Waals surface area (Å²) in [5.41, 5.74) is 0. The Morgan fingerprint density at radius 1 is 1.55 bits per heavy atom. The third-order valence-electron chi connectivity index (χ3n) is 3.04. The van der Waals surface area contributed by atoms with Gasteiger partial charge in [-0.2, -0.15) is 18.4 Å². The fourth-order valence-electron chi connectivity index (χ4n) is 2.01. The van der Waals surface area contributed by atoms with Gasteiger partial charge in [0.1, 0.15) is 6.04 Å². The van der Waals surface area contributed by atoms with Gasteiger partial charge < -0.3 is 10.6 Å². The van der Waals surface area contributed by atoms with Gasteiger partial charge in [-0.15, -0.1) is 0 Å². The number of rotatable bonds is 6. The van der Waals surface area contributed by atoms with Crippen molar-refractivity contribution >= 4 is 11.8 Å². The van der Waals surface area contributed by atoms with Crippen molar-refractivity contribution in [2.24, 2.45) is 5.92 Å². The van der Waals surface area contributed by atoms with Crippen LogP contribution in [0.25, 0.3) is 0 Å². The molecule has 2 atom stereocenters. The van der Waals surface area contributed by atoms with Crippen LogP contribution in [0.4, 0.5) is 13.2 Å². The van der Waals surface area contributed by atoms with Gasteiger partial charge in [-0.05, 0) is 19.3 Å². The van der Waals surface area contributed by atoms with Crippen LogP contribution in [0.5, 0.6) is 0 Å². The topological polar surface area (TPSA) is 82.0 Å². The highest BCUT2D eigenvalue weighted by Crippen LogP contribution is 2.22. The summed E-state index contributed by atoms with van der Waals surface area (Å²) in [5, 5.41) is 13.9. The molecule has 112 valence electrons. The smallest absolute Gasteiger partial charge is 0.356 e. The van der Waals surface area contributed by atoms with E-state index in [9.17, 15) is 22.8 Å². The summed E-state index contributed by atoms with van der Waals surface area (Å²) >= 11 is 0. The Kier molecular flexibility index (Phi) is 5.80. The van der Waals surface area contributed by atoms with Crippen molar-refractivity contribution in [1.29, 1.82) is 5.26 Å². The van der Waals surface area contributed by atoms with E-state index in [0.717, 1.165) is 0 Å². The van der Waals surface area contributed by atoms with Crippen molar-refractivity contribution in [3.05, 3.63) is 0 Å². The van der Waals surface area contributed by atoms with E-state index in [-0.39, 0.29) is 31.1 Å². The summed E-state index contributed by atoms with van der Waals surface area (Å²) in [5.74, 6) is -1.08. The second-order valence-corrected chi connectivity index (χ2v) is 4.73. The number of amides is 2. The normalized spacial score (nSPS) is 20.1. The van der Waals surface area contributed by atoms with Crippen molar-refractivity contribution < 1.29 is 22.8 Å². The molecule has 0 saturated carbocycles. The first-order chi connectivity index (χ1) is 9.31. The average Bonchev–Trinajstić information content (AvgIpc) is 2.72. The summed E-state index contributed by atoms with van der Waals surface area (Å²) in [7, 11) is 0. The Balaban J connectivity index is 2.31. The Morgan fingerprint density at radius 2 is 2.25 bits per heavy atom. The van der Waals surface area contributed by atoms with Crippen molar-refractivity contribution in [3.8, 4) is 6.07 Å². The fourth-order valence-corrected chi connectivity index (χ4v) is 2.01. The van der Waals surface area contributed by atoms with Crippen LogP contribution < -0.4 is 10.6 Å². The number of hydrogen-bond donors (Lipinski definition) is 2. The van der Waals surface area contributed by atoms with Gasteiger partial charge in [0.2, 0.25) is 11.8 Å². The molecule has 5 nitrogen and oxygen atoms in total. The molecule has 0 aromatic carbocycles. The van der Waals surface area contributed by atoms with Crippen molar-refractivity contribution in [3.63, 3.8) is 0 Å². The van der Waals surface area contributed by atoms with E-state index >= 15 is 0 Å². The molecule has 0 radical (unpaired) electrons. The molecule has 0 aliphatic carbocycles. The third-order valence-corrected chi connectivity index (χ3v) is 3.04. The lowest BCUT2D eigenvalue weighted by Crippen LogP contribution is -2.36. The maximum absolute atomic E-state index is 11.9. The molecule has 20 heavy (non-hydrogen) atoms. The molecule has 1 aliphatic heterocycles. The van der Waals surface area contributed by atoms with Gasteiger partial charge in [0, 0.05) is 25.3 Å². The monoisotopic (exact) mass is 291 g/mol. The zero-order chi connectivity index (χ0) is 15.2. The van der Waals surface area contributed by atoms with E-state index in [2.05, 4.69) is 10.6 Å². The first-order valence-corrected chi connectivity index (χ1v) is 6.35. The summed E-state index contributed by atoms with van der Waals surface area (Å²) in [4.78, 5) is 22.8. The molecular formula is C12H16F3N3O2. The molecule has 1 saturated heterocycles. The molecule has 0 unspecified atom stereocenters. The Morgan fingerprint density at radius 3 is 2.75 bits per heavy atom. The average molecular weight is 291 g/mol. The third kappa shape index (κ3) is 5.91. The predicted molar refractivity (Wildman–Crippen MR) is 63.2 cm³/mol. The Bertz CT molecular complexity index is 404. The zero-order valence-corrected chi connectivity index (χ0v) is 10.8. The number of hydrogen-bond acceptors (Lipinski definition) is 3. The first-order valence-electron chi connectivity index (χ1n) is 6.35. The molecule has 1 fully saturated rings. The number of nitrogens with one attached hydrogen (secondary N) is 2. The van der Waals surface area contributed by atoms with Crippen LogP contribution in [0.1, 0.15) is 32.1 Å². The van der Waals surface area contributed by atoms with Gasteiger partial charge in [-0.3, -0.25) is 9.59 Å². The maximum atomic E-state index is 11.9. The standard InChI is InChI=1S/C12H16F3N3O2/c13-12(14,15)4-1-2-10(19)18-9(7-16)6-8-3-5-17-11(8)20/h8-9H,1-6H2,(H,17,20)(H,18,19)/t8-,9-/m0/s1. The minimum Gasteiger partial charge on any atom is -0.356 e. The van der Waals surface area contributed by atoms with Crippen LogP contribution >= 0.6 is 0 Å². The molecule has 1 rings (SSSR count).